The van der Waals surface area contributed by atoms with E-state index >= 15 is 0 Å². The normalized spacial score (nSPS) is 12.5. The number of nitrogens with zero attached hydrogens (tertiary/aromatic N) is 2. The number of rotatable bonds is 7. The summed E-state index contributed by atoms with van der Waals surface area (Å²) in [5.74, 6) is 0.938. The highest BCUT2D eigenvalue weighted by Crippen LogP contribution is 2.13. The predicted molar refractivity (Wildman–Crippen MR) is 73.3 cm³/mol. The fraction of sp³-hybridized carbons (Fsp3) is 0.714. The Morgan fingerprint density at radius 3 is 2.71 bits per heavy atom. The van der Waals surface area contributed by atoms with Crippen LogP contribution in [0.2, 0.25) is 0 Å². The summed E-state index contributed by atoms with van der Waals surface area (Å²) in [7, 11) is 0. The lowest BCUT2D eigenvalue weighted by Gasteiger charge is -2.15. The van der Waals surface area contributed by atoms with Gasteiger partial charge in [-0.05, 0) is 27.2 Å². The van der Waals surface area contributed by atoms with Gasteiger partial charge < -0.3 is 5.32 Å². The quantitative estimate of drug-likeness (QED) is 0.729. The number of anilines is 1. The highest BCUT2D eigenvalue weighted by Gasteiger charge is 2.06. The number of nitrogens with one attached hydrogen (secondary N) is 1. The Kier molecular flexibility index (Phi) is 5.95. The molecule has 0 aliphatic heterocycles. The van der Waals surface area contributed by atoms with Crippen LogP contribution in [0.5, 0.6) is 0 Å². The van der Waals surface area contributed by atoms with E-state index in [1.165, 1.54) is 32.1 Å². The Morgan fingerprint density at radius 2 is 2.00 bits per heavy atom. The third-order valence-electron chi connectivity index (χ3n) is 2.95. The second kappa shape index (κ2) is 7.25. The van der Waals surface area contributed by atoms with Gasteiger partial charge in [0.2, 0.25) is 0 Å². The van der Waals surface area contributed by atoms with Gasteiger partial charge in [0.05, 0.1) is 11.4 Å². The first-order chi connectivity index (χ1) is 8.13. The summed E-state index contributed by atoms with van der Waals surface area (Å²) in [5, 5.41) is 3.45. The maximum absolute atomic E-state index is 4.48. The van der Waals surface area contributed by atoms with Gasteiger partial charge in [0.15, 0.2) is 0 Å². The van der Waals surface area contributed by atoms with Crippen molar-refractivity contribution >= 4 is 5.82 Å². The molecule has 0 fully saturated rings. The van der Waals surface area contributed by atoms with E-state index in [2.05, 4.69) is 29.1 Å². The molecule has 0 amide bonds. The molecule has 1 rings (SSSR count). The largest absolute Gasteiger partial charge is 0.366 e. The number of hydrogen-bond acceptors (Lipinski definition) is 3. The second-order valence-corrected chi connectivity index (χ2v) is 4.84. The van der Waals surface area contributed by atoms with Crippen molar-refractivity contribution in [2.45, 2.75) is 65.8 Å². The Bertz CT molecular complexity index is 336. The minimum absolute atomic E-state index is 0.474. The number of unbranched alkanes of at least 4 members (excludes halogenated alkanes) is 3. The van der Waals surface area contributed by atoms with E-state index in [-0.39, 0.29) is 0 Å². The number of aromatic nitrogens is 2. The van der Waals surface area contributed by atoms with Crippen molar-refractivity contribution in [1.29, 1.82) is 0 Å². The smallest absolute Gasteiger partial charge is 0.147 e. The third-order valence-corrected chi connectivity index (χ3v) is 2.95. The Balaban J connectivity index is 2.39. The highest BCUT2D eigenvalue weighted by atomic mass is 15.0. The van der Waals surface area contributed by atoms with Crippen molar-refractivity contribution in [3.8, 4) is 0 Å². The van der Waals surface area contributed by atoms with Crippen LogP contribution >= 0.6 is 0 Å². The zero-order chi connectivity index (χ0) is 12.7. The van der Waals surface area contributed by atoms with Crippen LogP contribution in [-0.4, -0.2) is 16.0 Å². The predicted octanol–water partition coefficient (Wildman–Crippen LogP) is 3.86. The van der Waals surface area contributed by atoms with Crippen molar-refractivity contribution in [1.82, 2.24) is 9.97 Å². The highest BCUT2D eigenvalue weighted by molar-refractivity contribution is 5.40. The van der Waals surface area contributed by atoms with E-state index in [4.69, 9.17) is 0 Å². The third kappa shape index (κ3) is 5.16. The van der Waals surface area contributed by atoms with Crippen molar-refractivity contribution in [2.75, 3.05) is 5.32 Å². The van der Waals surface area contributed by atoms with Gasteiger partial charge in [-0.15, -0.1) is 0 Å². The van der Waals surface area contributed by atoms with Crippen LogP contribution in [-0.2, 0) is 0 Å². The molecule has 0 aliphatic carbocycles. The van der Waals surface area contributed by atoms with Crippen LogP contribution in [0.4, 0.5) is 5.82 Å². The monoisotopic (exact) mass is 235 g/mol. The molecule has 96 valence electrons. The summed E-state index contributed by atoms with van der Waals surface area (Å²) in [5.41, 5.74) is 1.95. The van der Waals surface area contributed by atoms with Crippen LogP contribution in [0.15, 0.2) is 6.20 Å². The number of aryl methyl sites for hydroxylation is 2. The molecule has 0 aliphatic rings. The van der Waals surface area contributed by atoms with Gasteiger partial charge in [0.1, 0.15) is 5.82 Å². The molecular weight excluding hydrogens is 210 g/mol. The summed E-state index contributed by atoms with van der Waals surface area (Å²) >= 11 is 0. The zero-order valence-corrected chi connectivity index (χ0v) is 11.6. The van der Waals surface area contributed by atoms with E-state index in [0.717, 1.165) is 17.2 Å². The summed E-state index contributed by atoms with van der Waals surface area (Å²) in [6.07, 6.45) is 8.28. The molecule has 17 heavy (non-hydrogen) atoms. The summed E-state index contributed by atoms with van der Waals surface area (Å²) in [6.45, 7) is 8.44. The van der Waals surface area contributed by atoms with Crippen LogP contribution in [0, 0.1) is 13.8 Å². The molecule has 1 aromatic rings. The Hall–Kier alpha value is -1.12. The minimum Gasteiger partial charge on any atom is -0.366 e. The van der Waals surface area contributed by atoms with Gasteiger partial charge in [0, 0.05) is 12.2 Å². The zero-order valence-electron chi connectivity index (χ0n) is 11.6. The lowest BCUT2D eigenvalue weighted by molar-refractivity contribution is 0.592. The van der Waals surface area contributed by atoms with Gasteiger partial charge in [-0.1, -0.05) is 32.6 Å². The topological polar surface area (TPSA) is 37.8 Å². The molecule has 0 radical (unpaired) electrons. The Morgan fingerprint density at radius 1 is 1.24 bits per heavy atom. The molecular formula is C14H25N3. The van der Waals surface area contributed by atoms with E-state index in [1.807, 2.05) is 20.0 Å². The standard InChI is InChI=1S/C14H25N3/c1-5-6-7-8-9-11(2)16-14-13(4)15-10-12(3)17-14/h10-11H,5-9H2,1-4H3,(H,16,17). The van der Waals surface area contributed by atoms with Gasteiger partial charge in [-0.3, -0.25) is 4.98 Å². The van der Waals surface area contributed by atoms with Crippen LogP contribution < -0.4 is 5.32 Å². The first-order valence-electron chi connectivity index (χ1n) is 6.70. The molecule has 1 aromatic heterocycles. The second-order valence-electron chi connectivity index (χ2n) is 4.84. The molecule has 0 bridgehead atoms. The SMILES string of the molecule is CCCCCCC(C)Nc1nc(C)cnc1C. The van der Waals surface area contributed by atoms with Crippen molar-refractivity contribution in [2.24, 2.45) is 0 Å². The van der Waals surface area contributed by atoms with Crippen molar-refractivity contribution in [3.05, 3.63) is 17.6 Å². The summed E-state index contributed by atoms with van der Waals surface area (Å²) < 4.78 is 0. The molecule has 3 heteroatoms. The molecule has 1 N–H and O–H groups in total. The van der Waals surface area contributed by atoms with Crippen molar-refractivity contribution < 1.29 is 0 Å². The van der Waals surface area contributed by atoms with Crippen molar-refractivity contribution in [3.63, 3.8) is 0 Å². The van der Waals surface area contributed by atoms with Crippen LogP contribution in [0.1, 0.15) is 57.3 Å². The molecule has 0 aromatic carbocycles. The van der Waals surface area contributed by atoms with E-state index in [9.17, 15) is 0 Å². The summed E-state index contributed by atoms with van der Waals surface area (Å²) in [6, 6.07) is 0.474. The molecule has 3 nitrogen and oxygen atoms in total. The molecule has 0 saturated carbocycles. The minimum atomic E-state index is 0.474. The van der Waals surface area contributed by atoms with E-state index in [0.29, 0.717) is 6.04 Å². The molecule has 1 unspecified atom stereocenters. The van der Waals surface area contributed by atoms with E-state index < -0.39 is 0 Å². The van der Waals surface area contributed by atoms with Crippen LogP contribution in [0.25, 0.3) is 0 Å². The molecule has 1 heterocycles. The van der Waals surface area contributed by atoms with Gasteiger partial charge in [-0.2, -0.15) is 0 Å². The van der Waals surface area contributed by atoms with Crippen LogP contribution in [0.3, 0.4) is 0 Å². The summed E-state index contributed by atoms with van der Waals surface area (Å²) in [4.78, 5) is 8.80. The first-order valence-corrected chi connectivity index (χ1v) is 6.70. The molecule has 0 spiro atoms. The fourth-order valence-corrected chi connectivity index (χ4v) is 1.86. The first kappa shape index (κ1) is 13.9. The average molecular weight is 235 g/mol. The Labute approximate surface area is 105 Å². The van der Waals surface area contributed by atoms with Gasteiger partial charge in [0.25, 0.3) is 0 Å². The van der Waals surface area contributed by atoms with Gasteiger partial charge >= 0.3 is 0 Å². The maximum atomic E-state index is 4.48. The van der Waals surface area contributed by atoms with Gasteiger partial charge in [-0.25, -0.2) is 4.98 Å². The fourth-order valence-electron chi connectivity index (χ4n) is 1.86. The molecule has 0 saturated heterocycles. The lowest BCUT2D eigenvalue weighted by Crippen LogP contribution is -2.17. The van der Waals surface area contributed by atoms with E-state index in [1.54, 1.807) is 0 Å². The average Bonchev–Trinajstić information content (AvgIpc) is 2.29. The molecule has 1 atom stereocenters. The maximum Gasteiger partial charge on any atom is 0.147 e. The lowest BCUT2D eigenvalue weighted by atomic mass is 10.1. The number of hydrogen-bond donors (Lipinski definition) is 1.